The van der Waals surface area contributed by atoms with Crippen molar-refractivity contribution in [3.63, 3.8) is 0 Å². The van der Waals surface area contributed by atoms with E-state index < -0.39 is 20.2 Å². The van der Waals surface area contributed by atoms with E-state index in [2.05, 4.69) is 13.8 Å². The summed E-state index contributed by atoms with van der Waals surface area (Å²) in [6.45, 7) is 4.46. The third-order valence-corrected chi connectivity index (χ3v) is 11.4. The fourth-order valence-corrected chi connectivity index (χ4v) is 7.66. The van der Waals surface area contributed by atoms with Crippen molar-refractivity contribution in [2.75, 3.05) is 0 Å². The van der Waals surface area contributed by atoms with Gasteiger partial charge in [0.25, 0.3) is 0 Å². The van der Waals surface area contributed by atoms with E-state index in [1.165, 1.54) is 102 Å². The Morgan fingerprint density at radius 1 is 0.421 bits per heavy atom. The van der Waals surface area contributed by atoms with Crippen LogP contribution >= 0.6 is 0 Å². The van der Waals surface area contributed by atoms with E-state index in [9.17, 15) is 25.9 Å². The van der Waals surface area contributed by atoms with E-state index in [0.717, 1.165) is 49.7 Å². The summed E-state index contributed by atoms with van der Waals surface area (Å²) in [6.07, 6.45) is 24.3. The molecule has 0 aromatic heterocycles. The minimum Gasteiger partial charge on any atom is -0.744 e. The topological polar surface area (TPSA) is 133 Å². The zero-order valence-electron chi connectivity index (χ0n) is 34.2. The molecular formula is C46H62CaO8S2. The van der Waals surface area contributed by atoms with E-state index in [1.54, 1.807) is 72.8 Å². The molecule has 0 unspecified atom stereocenters. The van der Waals surface area contributed by atoms with Gasteiger partial charge < -0.3 is 18.6 Å². The van der Waals surface area contributed by atoms with Crippen LogP contribution in [0.5, 0.6) is 23.0 Å². The van der Waals surface area contributed by atoms with Gasteiger partial charge in [-0.3, -0.25) is 0 Å². The first-order valence-corrected chi connectivity index (χ1v) is 23.5. The maximum atomic E-state index is 11.5. The van der Waals surface area contributed by atoms with Crippen molar-refractivity contribution in [1.82, 2.24) is 0 Å². The molecule has 0 fully saturated rings. The Hall–Kier alpha value is -2.44. The Labute approximate surface area is 373 Å². The summed E-state index contributed by atoms with van der Waals surface area (Å²) in [4.78, 5) is -0.626. The molecule has 8 nitrogen and oxygen atoms in total. The Morgan fingerprint density at radius 2 is 0.719 bits per heavy atom. The number of hydrogen-bond acceptors (Lipinski definition) is 8. The average molecular weight is 847 g/mol. The molecule has 0 heterocycles. The average Bonchev–Trinajstić information content (AvgIpc) is 3.17. The predicted molar refractivity (Wildman–Crippen MR) is 229 cm³/mol. The second-order valence-electron chi connectivity index (χ2n) is 14.5. The SMILES string of the molecule is CCCCCCCCCCCc1ccc(S(=O)(=O)[O-])c(Oc2ccccc2)c1.CCCCCCCCCCCc1ccc(S(=O)(=O)[O-])c(Oc2ccccc2)c1.[Ca+2]. The van der Waals surface area contributed by atoms with Crippen LogP contribution in [0.1, 0.15) is 141 Å². The maximum absolute atomic E-state index is 11.5. The molecule has 308 valence electrons. The molecule has 4 rings (SSSR count). The van der Waals surface area contributed by atoms with Crippen molar-refractivity contribution in [2.45, 2.75) is 152 Å². The fourth-order valence-electron chi connectivity index (χ4n) is 6.50. The van der Waals surface area contributed by atoms with Crippen molar-refractivity contribution in [3.8, 4) is 23.0 Å². The van der Waals surface area contributed by atoms with Crippen molar-refractivity contribution < 1.29 is 35.4 Å². The first-order valence-electron chi connectivity index (χ1n) is 20.6. The van der Waals surface area contributed by atoms with E-state index in [1.807, 2.05) is 12.1 Å². The van der Waals surface area contributed by atoms with Crippen molar-refractivity contribution >= 4 is 58.0 Å². The zero-order valence-corrected chi connectivity index (χ0v) is 38.0. The van der Waals surface area contributed by atoms with Gasteiger partial charge in [0.1, 0.15) is 43.2 Å². The van der Waals surface area contributed by atoms with Gasteiger partial charge in [0.05, 0.1) is 9.79 Å². The predicted octanol–water partition coefficient (Wildman–Crippen LogP) is 12.5. The number of unbranched alkanes of at least 4 members (excludes halogenated alkanes) is 16. The zero-order chi connectivity index (χ0) is 40.5. The van der Waals surface area contributed by atoms with Crippen molar-refractivity contribution in [2.24, 2.45) is 0 Å². The fraction of sp³-hybridized carbons (Fsp3) is 0.478. The molecule has 11 heteroatoms. The quantitative estimate of drug-likeness (QED) is 0.0346. The summed E-state index contributed by atoms with van der Waals surface area (Å²) in [7, 11) is -9.18. The number of aryl methyl sites for hydroxylation is 2. The van der Waals surface area contributed by atoms with Crippen LogP contribution in [0, 0.1) is 0 Å². The summed E-state index contributed by atoms with van der Waals surface area (Å²) in [5.74, 6) is 1.23. The molecule has 0 N–H and O–H groups in total. The summed E-state index contributed by atoms with van der Waals surface area (Å²) >= 11 is 0. The summed E-state index contributed by atoms with van der Waals surface area (Å²) in [5, 5.41) is 0. The van der Waals surface area contributed by atoms with Crippen LogP contribution in [0.25, 0.3) is 0 Å². The van der Waals surface area contributed by atoms with Gasteiger partial charge in [-0.15, -0.1) is 0 Å². The van der Waals surface area contributed by atoms with Gasteiger partial charge in [-0.05, 0) is 85.3 Å². The van der Waals surface area contributed by atoms with Crippen LogP contribution in [0.4, 0.5) is 0 Å². The number of benzene rings is 4. The Bertz CT molecular complexity index is 1750. The monoisotopic (exact) mass is 846 g/mol. The molecule has 0 bridgehead atoms. The number of hydrogen-bond donors (Lipinski definition) is 0. The Morgan fingerprint density at radius 3 is 1.02 bits per heavy atom. The molecule has 0 atom stereocenters. The van der Waals surface area contributed by atoms with Crippen molar-refractivity contribution in [1.29, 1.82) is 0 Å². The van der Waals surface area contributed by atoms with Crippen LogP contribution in [0.2, 0.25) is 0 Å². The molecule has 4 aromatic carbocycles. The molecule has 0 aliphatic rings. The molecule has 4 aromatic rings. The number of rotatable bonds is 26. The molecule has 0 aliphatic carbocycles. The van der Waals surface area contributed by atoms with Crippen LogP contribution < -0.4 is 9.47 Å². The second kappa shape index (κ2) is 28.9. The van der Waals surface area contributed by atoms with E-state index in [4.69, 9.17) is 9.47 Å². The summed E-state index contributed by atoms with van der Waals surface area (Å²) < 4.78 is 80.7. The van der Waals surface area contributed by atoms with Gasteiger partial charge in [0.2, 0.25) is 0 Å². The smallest absolute Gasteiger partial charge is 0.744 e. The van der Waals surface area contributed by atoms with Gasteiger partial charge in [-0.1, -0.05) is 165 Å². The minimum absolute atomic E-state index is 0. The Balaban J connectivity index is 0.000000387. The molecule has 0 spiro atoms. The van der Waals surface area contributed by atoms with Gasteiger partial charge in [0, 0.05) is 0 Å². The van der Waals surface area contributed by atoms with Gasteiger partial charge in [0.15, 0.2) is 0 Å². The maximum Gasteiger partial charge on any atom is 2.00 e. The van der Waals surface area contributed by atoms with Crippen LogP contribution in [0.3, 0.4) is 0 Å². The summed E-state index contributed by atoms with van der Waals surface area (Å²) in [5.41, 5.74) is 1.97. The van der Waals surface area contributed by atoms with Crippen LogP contribution in [0.15, 0.2) is 107 Å². The van der Waals surface area contributed by atoms with E-state index in [0.29, 0.717) is 11.5 Å². The molecule has 0 radical (unpaired) electrons. The number of ether oxygens (including phenoxy) is 2. The molecule has 0 saturated heterocycles. The molecule has 57 heavy (non-hydrogen) atoms. The third-order valence-electron chi connectivity index (χ3n) is 9.63. The molecule has 0 aliphatic heterocycles. The van der Waals surface area contributed by atoms with Crippen molar-refractivity contribution in [3.05, 3.63) is 108 Å². The minimum atomic E-state index is -4.59. The summed E-state index contributed by atoms with van der Waals surface area (Å²) in [6, 6.07) is 27.3. The standard InChI is InChI=1S/2C23H32O4S.Ca/c2*1-2-3-4-5-6-7-8-9-11-14-20-17-18-23(28(24,25)26)22(19-20)27-21-15-12-10-13-16-21;/h2*10,12-13,15-19H,2-9,11,14H2,1H3,(H,24,25,26);/q;;+2/p-2. The van der Waals surface area contributed by atoms with E-state index >= 15 is 0 Å². The van der Waals surface area contributed by atoms with Gasteiger partial charge in [-0.2, -0.15) is 0 Å². The third kappa shape index (κ3) is 21.4. The Kier molecular flexibility index (Phi) is 25.7. The largest absolute Gasteiger partial charge is 2.00 e. The molecular weight excluding hydrogens is 785 g/mol. The molecule has 0 amide bonds. The molecule has 0 saturated carbocycles. The van der Waals surface area contributed by atoms with Gasteiger partial charge in [-0.25, -0.2) is 16.8 Å². The van der Waals surface area contributed by atoms with Crippen LogP contribution in [-0.4, -0.2) is 63.7 Å². The first kappa shape index (κ1) is 50.7. The van der Waals surface area contributed by atoms with E-state index in [-0.39, 0.29) is 59.0 Å². The normalized spacial score (nSPS) is 11.3. The van der Waals surface area contributed by atoms with Crippen LogP contribution in [-0.2, 0) is 33.1 Å². The van der Waals surface area contributed by atoms with Gasteiger partial charge >= 0.3 is 37.7 Å². The number of para-hydroxylation sites is 2. The second-order valence-corrected chi connectivity index (χ2v) is 17.2. The first-order chi connectivity index (χ1) is 27.0.